The van der Waals surface area contributed by atoms with Crippen LogP contribution in [-0.2, 0) is 5.75 Å². The van der Waals surface area contributed by atoms with E-state index in [2.05, 4.69) is 0 Å². The van der Waals surface area contributed by atoms with E-state index in [1.54, 1.807) is 23.9 Å². The highest BCUT2D eigenvalue weighted by Crippen LogP contribution is 2.26. The third-order valence-corrected chi connectivity index (χ3v) is 3.79. The summed E-state index contributed by atoms with van der Waals surface area (Å²) in [4.78, 5) is 0.854. The molecule has 4 heteroatoms. The number of hydrogen-bond donors (Lipinski definition) is 0. The predicted molar refractivity (Wildman–Crippen MR) is 72.4 cm³/mol. The first kappa shape index (κ1) is 12.7. The fourth-order valence-electron chi connectivity index (χ4n) is 1.36. The van der Waals surface area contributed by atoms with Gasteiger partial charge in [-0.15, -0.1) is 11.8 Å². The molecule has 0 aromatic heterocycles. The molecule has 0 aliphatic carbocycles. The van der Waals surface area contributed by atoms with Crippen molar-refractivity contribution in [2.75, 3.05) is 0 Å². The molecule has 88 valence electrons. The highest BCUT2D eigenvalue weighted by molar-refractivity contribution is 7.98. The van der Waals surface area contributed by atoms with Crippen molar-refractivity contribution in [3.8, 4) is 0 Å². The van der Waals surface area contributed by atoms with Gasteiger partial charge in [-0.05, 0) is 35.9 Å². The van der Waals surface area contributed by atoms with Gasteiger partial charge in [0.25, 0.3) is 0 Å². The lowest BCUT2D eigenvalue weighted by atomic mass is 10.2. The summed E-state index contributed by atoms with van der Waals surface area (Å²) in [7, 11) is 0. The Bertz CT molecular complexity index is 529. The average molecular weight is 287 g/mol. The third-order valence-electron chi connectivity index (χ3n) is 2.19. The van der Waals surface area contributed by atoms with Crippen LogP contribution in [0.1, 0.15) is 5.56 Å². The van der Waals surface area contributed by atoms with Crippen LogP contribution in [0.25, 0.3) is 0 Å². The highest BCUT2D eigenvalue weighted by Gasteiger charge is 2.02. The highest BCUT2D eigenvalue weighted by atomic mass is 35.5. The van der Waals surface area contributed by atoms with Crippen LogP contribution >= 0.6 is 35.0 Å². The first-order chi connectivity index (χ1) is 8.15. The lowest BCUT2D eigenvalue weighted by Crippen LogP contribution is -1.82. The zero-order valence-corrected chi connectivity index (χ0v) is 11.1. The van der Waals surface area contributed by atoms with E-state index < -0.39 is 0 Å². The van der Waals surface area contributed by atoms with E-state index >= 15 is 0 Å². The molecule has 0 radical (unpaired) electrons. The maximum absolute atomic E-state index is 13.2. The maximum Gasteiger partial charge on any atom is 0.142 e. The Balaban J connectivity index is 2.05. The summed E-state index contributed by atoms with van der Waals surface area (Å²) >= 11 is 13.1. The quantitative estimate of drug-likeness (QED) is 0.679. The minimum atomic E-state index is -0.386. The average Bonchev–Trinajstić information content (AvgIpc) is 2.31. The summed E-state index contributed by atoms with van der Waals surface area (Å²) in [5, 5.41) is 0.863. The molecule has 17 heavy (non-hydrogen) atoms. The zero-order valence-electron chi connectivity index (χ0n) is 8.79. The molecule has 0 bridgehead atoms. The van der Waals surface area contributed by atoms with Crippen LogP contribution in [0, 0.1) is 5.82 Å². The second kappa shape index (κ2) is 5.76. The van der Waals surface area contributed by atoms with E-state index in [1.165, 1.54) is 6.07 Å². The van der Waals surface area contributed by atoms with Crippen LogP contribution in [-0.4, -0.2) is 0 Å². The molecular weight excluding hydrogens is 278 g/mol. The minimum absolute atomic E-state index is 0.150. The lowest BCUT2D eigenvalue weighted by molar-refractivity contribution is 0.624. The van der Waals surface area contributed by atoms with Crippen molar-refractivity contribution >= 4 is 35.0 Å². The van der Waals surface area contributed by atoms with Crippen LogP contribution in [0.3, 0.4) is 0 Å². The molecule has 2 aromatic rings. The van der Waals surface area contributed by atoms with E-state index in [-0.39, 0.29) is 10.8 Å². The van der Waals surface area contributed by atoms with Gasteiger partial charge < -0.3 is 0 Å². The van der Waals surface area contributed by atoms with Gasteiger partial charge in [0.2, 0.25) is 0 Å². The van der Waals surface area contributed by atoms with E-state index in [0.717, 1.165) is 16.2 Å². The fourth-order valence-corrected chi connectivity index (χ4v) is 2.55. The molecule has 0 amide bonds. The number of rotatable bonds is 3. The van der Waals surface area contributed by atoms with Gasteiger partial charge in [-0.3, -0.25) is 0 Å². The van der Waals surface area contributed by atoms with Crippen molar-refractivity contribution in [3.05, 3.63) is 63.9 Å². The van der Waals surface area contributed by atoms with Crippen LogP contribution in [0.15, 0.2) is 47.4 Å². The Morgan fingerprint density at radius 2 is 1.88 bits per heavy atom. The Labute approximate surface area is 114 Å². The van der Waals surface area contributed by atoms with Gasteiger partial charge >= 0.3 is 0 Å². The van der Waals surface area contributed by atoms with Crippen LogP contribution in [0.2, 0.25) is 10.0 Å². The monoisotopic (exact) mass is 286 g/mol. The lowest BCUT2D eigenvalue weighted by Gasteiger charge is -2.03. The van der Waals surface area contributed by atoms with Gasteiger partial charge in [-0.1, -0.05) is 35.3 Å². The first-order valence-corrected chi connectivity index (χ1v) is 6.71. The molecule has 2 aromatic carbocycles. The molecular formula is C13H9Cl2FS. The van der Waals surface area contributed by atoms with Gasteiger partial charge in [-0.2, -0.15) is 0 Å². The Kier molecular flexibility index (Phi) is 4.32. The third kappa shape index (κ3) is 3.63. The Morgan fingerprint density at radius 3 is 2.59 bits per heavy atom. The summed E-state index contributed by atoms with van der Waals surface area (Å²) in [6.45, 7) is 0. The van der Waals surface area contributed by atoms with Crippen LogP contribution < -0.4 is 0 Å². The Hall–Kier alpha value is -0.700. The van der Waals surface area contributed by atoms with Crippen molar-refractivity contribution in [1.82, 2.24) is 0 Å². The summed E-state index contributed by atoms with van der Waals surface area (Å²) in [5.74, 6) is 0.365. The predicted octanol–water partition coefficient (Wildman–Crippen LogP) is 5.42. The van der Waals surface area contributed by atoms with Crippen molar-refractivity contribution in [1.29, 1.82) is 0 Å². The largest absolute Gasteiger partial charge is 0.205 e. The zero-order chi connectivity index (χ0) is 12.3. The van der Waals surface area contributed by atoms with Gasteiger partial charge in [0, 0.05) is 15.7 Å². The molecule has 0 N–H and O–H groups in total. The summed E-state index contributed by atoms with van der Waals surface area (Å²) in [6, 6.07) is 12.4. The molecule has 0 aliphatic heterocycles. The molecule has 0 fully saturated rings. The van der Waals surface area contributed by atoms with Crippen molar-refractivity contribution in [3.63, 3.8) is 0 Å². The fraction of sp³-hybridized carbons (Fsp3) is 0.0769. The van der Waals surface area contributed by atoms with Gasteiger partial charge in [0.05, 0.1) is 5.02 Å². The molecule has 0 heterocycles. The maximum atomic E-state index is 13.2. The second-order valence-electron chi connectivity index (χ2n) is 3.49. The van der Waals surface area contributed by atoms with Crippen molar-refractivity contribution in [2.24, 2.45) is 0 Å². The molecule has 0 nitrogen and oxygen atoms in total. The number of thioether (sulfide) groups is 1. The van der Waals surface area contributed by atoms with E-state index in [4.69, 9.17) is 23.2 Å². The molecule has 0 unspecified atom stereocenters. The summed E-state index contributed by atoms with van der Waals surface area (Å²) in [6.07, 6.45) is 0. The number of halogens is 3. The van der Waals surface area contributed by atoms with Crippen LogP contribution in [0.4, 0.5) is 4.39 Å². The second-order valence-corrected chi connectivity index (χ2v) is 5.39. The molecule has 2 rings (SSSR count). The Morgan fingerprint density at radius 1 is 1.06 bits per heavy atom. The molecule has 0 aliphatic rings. The number of benzene rings is 2. The standard InChI is InChI=1S/C13H9Cl2FS/c14-10-3-1-2-9(6-10)8-17-11-4-5-12(15)13(16)7-11/h1-7H,8H2. The van der Waals surface area contributed by atoms with Gasteiger partial charge in [-0.25, -0.2) is 4.39 Å². The topological polar surface area (TPSA) is 0 Å². The van der Waals surface area contributed by atoms with Crippen LogP contribution in [0.5, 0.6) is 0 Å². The van der Waals surface area contributed by atoms with Crippen molar-refractivity contribution < 1.29 is 4.39 Å². The van der Waals surface area contributed by atoms with Gasteiger partial charge in [0.1, 0.15) is 5.82 Å². The molecule has 0 saturated carbocycles. The van der Waals surface area contributed by atoms with Crippen molar-refractivity contribution in [2.45, 2.75) is 10.6 Å². The molecule has 0 saturated heterocycles. The summed E-state index contributed by atoms with van der Waals surface area (Å²) < 4.78 is 13.2. The summed E-state index contributed by atoms with van der Waals surface area (Å²) in [5.41, 5.74) is 1.11. The minimum Gasteiger partial charge on any atom is -0.205 e. The van der Waals surface area contributed by atoms with Gasteiger partial charge in [0.15, 0.2) is 0 Å². The van der Waals surface area contributed by atoms with E-state index in [0.29, 0.717) is 5.02 Å². The van der Waals surface area contributed by atoms with E-state index in [1.807, 2.05) is 24.3 Å². The normalized spacial score (nSPS) is 10.5. The SMILES string of the molecule is Fc1cc(SCc2cccc(Cl)c2)ccc1Cl. The molecule has 0 spiro atoms. The smallest absolute Gasteiger partial charge is 0.142 e. The number of hydrogen-bond acceptors (Lipinski definition) is 1. The van der Waals surface area contributed by atoms with E-state index in [9.17, 15) is 4.39 Å². The molecule has 0 atom stereocenters. The first-order valence-electron chi connectivity index (χ1n) is 4.97.